The fourth-order valence-corrected chi connectivity index (χ4v) is 0.960. The van der Waals surface area contributed by atoms with E-state index in [1.54, 1.807) is 0 Å². The molecule has 0 saturated heterocycles. The van der Waals surface area contributed by atoms with Crippen LogP contribution < -0.4 is 5.14 Å². The van der Waals surface area contributed by atoms with Crippen molar-refractivity contribution in [2.45, 2.75) is 20.8 Å². The summed E-state index contributed by atoms with van der Waals surface area (Å²) in [5, 5.41) is 6.30. The standard InChI is InChI=1S/C7H14N2S/c1-5(2)7(10-8)9-6(3)4/h5H,3,8H2,1-2,4H3. The van der Waals surface area contributed by atoms with Crippen molar-refractivity contribution in [1.29, 1.82) is 0 Å². The zero-order valence-corrected chi connectivity index (χ0v) is 7.53. The van der Waals surface area contributed by atoms with Gasteiger partial charge >= 0.3 is 0 Å². The first-order valence-electron chi connectivity index (χ1n) is 3.18. The van der Waals surface area contributed by atoms with Gasteiger partial charge in [-0.05, 0) is 18.9 Å². The van der Waals surface area contributed by atoms with Crippen molar-refractivity contribution in [1.82, 2.24) is 0 Å². The maximum atomic E-state index is 5.37. The van der Waals surface area contributed by atoms with Crippen molar-refractivity contribution < 1.29 is 0 Å². The molecule has 0 atom stereocenters. The van der Waals surface area contributed by atoms with Gasteiger partial charge in [-0.2, -0.15) is 0 Å². The minimum Gasteiger partial charge on any atom is -0.273 e. The third kappa shape index (κ3) is 3.69. The number of rotatable bonds is 2. The fraction of sp³-hybridized carbons (Fsp3) is 0.571. The summed E-state index contributed by atoms with van der Waals surface area (Å²) in [5.41, 5.74) is 0.807. The van der Waals surface area contributed by atoms with E-state index >= 15 is 0 Å². The molecule has 0 rings (SSSR count). The molecule has 0 saturated carbocycles. The lowest BCUT2D eigenvalue weighted by atomic mass is 10.2. The molecule has 2 nitrogen and oxygen atoms in total. The van der Waals surface area contributed by atoms with Gasteiger partial charge < -0.3 is 0 Å². The molecule has 0 unspecified atom stereocenters. The summed E-state index contributed by atoms with van der Waals surface area (Å²) in [5.74, 6) is 0.395. The number of aliphatic imine (C=N–C) groups is 1. The van der Waals surface area contributed by atoms with E-state index in [1.807, 2.05) is 6.92 Å². The van der Waals surface area contributed by atoms with Crippen molar-refractivity contribution in [3.8, 4) is 0 Å². The normalized spacial score (nSPS) is 12.3. The van der Waals surface area contributed by atoms with E-state index in [2.05, 4.69) is 25.4 Å². The largest absolute Gasteiger partial charge is 0.273 e. The molecule has 10 heavy (non-hydrogen) atoms. The molecule has 0 aromatic rings. The minimum atomic E-state index is 0.395. The predicted octanol–water partition coefficient (Wildman–Crippen LogP) is 2.18. The van der Waals surface area contributed by atoms with Gasteiger partial charge in [-0.15, -0.1) is 0 Å². The number of hydrogen-bond donors (Lipinski definition) is 1. The lowest BCUT2D eigenvalue weighted by molar-refractivity contribution is 0.897. The molecule has 0 bridgehead atoms. The quantitative estimate of drug-likeness (QED) is 0.380. The van der Waals surface area contributed by atoms with Gasteiger partial charge in [0.25, 0.3) is 0 Å². The second-order valence-electron chi connectivity index (χ2n) is 2.46. The molecule has 0 aromatic carbocycles. The topological polar surface area (TPSA) is 38.4 Å². The lowest BCUT2D eigenvalue weighted by Gasteiger charge is -2.04. The van der Waals surface area contributed by atoms with Crippen LogP contribution in [0.2, 0.25) is 0 Å². The summed E-state index contributed by atoms with van der Waals surface area (Å²) in [6.07, 6.45) is 0. The first-order valence-corrected chi connectivity index (χ1v) is 4.06. The van der Waals surface area contributed by atoms with E-state index in [1.165, 1.54) is 11.9 Å². The molecule has 0 aliphatic rings. The number of hydrogen-bond acceptors (Lipinski definition) is 3. The van der Waals surface area contributed by atoms with Crippen LogP contribution in [0.4, 0.5) is 0 Å². The third-order valence-corrected chi connectivity index (χ3v) is 1.72. The lowest BCUT2D eigenvalue weighted by Crippen LogP contribution is -2.05. The summed E-state index contributed by atoms with van der Waals surface area (Å²) >= 11 is 1.20. The van der Waals surface area contributed by atoms with Crippen LogP contribution in [0.25, 0.3) is 0 Å². The Labute approximate surface area is 66.7 Å². The van der Waals surface area contributed by atoms with E-state index in [0.29, 0.717) is 5.92 Å². The van der Waals surface area contributed by atoms with Crippen LogP contribution in [0.15, 0.2) is 17.3 Å². The van der Waals surface area contributed by atoms with Crippen LogP contribution in [0.1, 0.15) is 20.8 Å². The van der Waals surface area contributed by atoms with Crippen LogP contribution in [0, 0.1) is 5.92 Å². The van der Waals surface area contributed by atoms with Gasteiger partial charge in [0.15, 0.2) is 0 Å². The second-order valence-corrected chi connectivity index (χ2v) is 3.11. The first kappa shape index (κ1) is 9.72. The van der Waals surface area contributed by atoms with Gasteiger partial charge in [0.05, 0.1) is 5.04 Å². The van der Waals surface area contributed by atoms with Crippen LogP contribution >= 0.6 is 11.9 Å². The van der Waals surface area contributed by atoms with Crippen molar-refractivity contribution in [2.24, 2.45) is 16.0 Å². The molecule has 0 spiro atoms. The number of nitrogens with two attached hydrogens (primary N) is 1. The minimum absolute atomic E-state index is 0.395. The third-order valence-electron chi connectivity index (χ3n) is 0.916. The van der Waals surface area contributed by atoms with Gasteiger partial charge in [0.2, 0.25) is 0 Å². The fourth-order valence-electron chi connectivity index (χ4n) is 0.480. The van der Waals surface area contributed by atoms with Gasteiger partial charge in [-0.3, -0.25) is 10.1 Å². The van der Waals surface area contributed by atoms with E-state index in [4.69, 9.17) is 5.14 Å². The van der Waals surface area contributed by atoms with Crippen molar-refractivity contribution in [3.63, 3.8) is 0 Å². The molecule has 0 heterocycles. The summed E-state index contributed by atoms with van der Waals surface area (Å²) in [7, 11) is 0. The molecule has 3 heteroatoms. The van der Waals surface area contributed by atoms with E-state index in [0.717, 1.165) is 10.7 Å². The van der Waals surface area contributed by atoms with Crippen molar-refractivity contribution in [2.75, 3.05) is 0 Å². The highest BCUT2D eigenvalue weighted by atomic mass is 32.2. The van der Waals surface area contributed by atoms with Crippen molar-refractivity contribution >= 4 is 17.0 Å². The van der Waals surface area contributed by atoms with Gasteiger partial charge in [0.1, 0.15) is 0 Å². The molecule has 0 amide bonds. The molecular weight excluding hydrogens is 144 g/mol. The average Bonchev–Trinajstić information content (AvgIpc) is 1.81. The Kier molecular flexibility index (Phi) is 4.40. The SMILES string of the molecule is C=C(C)N=C(SN)C(C)C. The molecule has 0 aliphatic carbocycles. The maximum absolute atomic E-state index is 5.37. The Morgan fingerprint density at radius 1 is 1.60 bits per heavy atom. The Hall–Kier alpha value is -0.280. The smallest absolute Gasteiger partial charge is 0.0908 e. The van der Waals surface area contributed by atoms with Gasteiger partial charge in [-0.25, -0.2) is 0 Å². The Morgan fingerprint density at radius 3 is 2.20 bits per heavy atom. The Balaban J connectivity index is 4.18. The summed E-state index contributed by atoms with van der Waals surface area (Å²) < 4.78 is 0. The number of allylic oxidation sites excluding steroid dienone is 1. The van der Waals surface area contributed by atoms with Gasteiger partial charge in [0, 0.05) is 11.6 Å². The second kappa shape index (κ2) is 4.52. The van der Waals surface area contributed by atoms with E-state index < -0.39 is 0 Å². The highest BCUT2D eigenvalue weighted by Crippen LogP contribution is 2.08. The summed E-state index contributed by atoms with van der Waals surface area (Å²) in [6, 6.07) is 0. The monoisotopic (exact) mass is 158 g/mol. The summed E-state index contributed by atoms with van der Waals surface area (Å²) in [6.45, 7) is 9.64. The molecule has 0 aromatic heterocycles. The molecule has 0 aliphatic heterocycles. The van der Waals surface area contributed by atoms with Crippen LogP contribution in [0.3, 0.4) is 0 Å². The summed E-state index contributed by atoms with van der Waals surface area (Å²) in [4.78, 5) is 4.16. The highest BCUT2D eigenvalue weighted by Gasteiger charge is 2.02. The molecule has 2 N–H and O–H groups in total. The zero-order valence-electron chi connectivity index (χ0n) is 6.72. The molecular formula is C7H14N2S. The maximum Gasteiger partial charge on any atom is 0.0908 e. The average molecular weight is 158 g/mol. The first-order chi connectivity index (χ1) is 4.57. The number of nitrogens with zero attached hydrogens (tertiary/aromatic N) is 1. The molecule has 0 fully saturated rings. The molecule has 0 radical (unpaired) electrons. The van der Waals surface area contributed by atoms with Crippen molar-refractivity contribution in [3.05, 3.63) is 12.3 Å². The van der Waals surface area contributed by atoms with Crippen LogP contribution in [-0.2, 0) is 0 Å². The predicted molar refractivity (Wildman–Crippen MR) is 48.9 cm³/mol. The van der Waals surface area contributed by atoms with E-state index in [9.17, 15) is 0 Å². The highest BCUT2D eigenvalue weighted by molar-refractivity contribution is 8.12. The molecule has 58 valence electrons. The van der Waals surface area contributed by atoms with Crippen LogP contribution in [-0.4, -0.2) is 5.04 Å². The Bertz CT molecular complexity index is 150. The van der Waals surface area contributed by atoms with Crippen LogP contribution in [0.5, 0.6) is 0 Å². The van der Waals surface area contributed by atoms with E-state index in [-0.39, 0.29) is 0 Å². The Morgan fingerprint density at radius 2 is 2.10 bits per heavy atom. The zero-order chi connectivity index (χ0) is 8.15. The van der Waals surface area contributed by atoms with Gasteiger partial charge in [-0.1, -0.05) is 20.4 Å².